The lowest BCUT2D eigenvalue weighted by molar-refractivity contribution is -0.132. The van der Waals surface area contributed by atoms with E-state index in [1.54, 1.807) is 19.2 Å². The number of hydrogen-bond donors (Lipinski definition) is 4. The first-order chi connectivity index (χ1) is 27.0. The summed E-state index contributed by atoms with van der Waals surface area (Å²) in [5, 5.41) is 13.0. The van der Waals surface area contributed by atoms with Crippen molar-refractivity contribution in [3.8, 4) is 0 Å². The van der Waals surface area contributed by atoms with Gasteiger partial charge in [-0.25, -0.2) is 0 Å². The van der Waals surface area contributed by atoms with E-state index in [2.05, 4.69) is 32.9 Å². The lowest BCUT2D eigenvalue weighted by Crippen LogP contribution is -2.51. The van der Waals surface area contributed by atoms with Crippen LogP contribution in [0.5, 0.6) is 0 Å². The molecule has 1 saturated heterocycles. The Labute approximate surface area is 339 Å². The predicted octanol–water partition coefficient (Wildman–Crippen LogP) is 8.04. The maximum absolute atomic E-state index is 12.8. The zero-order valence-electron chi connectivity index (χ0n) is 35.8. The zero-order valence-corrected chi connectivity index (χ0v) is 35.8. The number of nitrogens with zero attached hydrogens (tertiary/aromatic N) is 2. The minimum Gasteiger partial charge on any atom is -0.396 e. The Kier molecular flexibility index (Phi) is 25.8. The minimum absolute atomic E-state index is 0.181. The molecule has 1 aromatic carbocycles. The third kappa shape index (κ3) is 21.2. The average molecular weight is 783 g/mol. The van der Waals surface area contributed by atoms with Gasteiger partial charge in [0.15, 0.2) is 0 Å². The summed E-state index contributed by atoms with van der Waals surface area (Å²) in [4.78, 5) is 57.7. The van der Waals surface area contributed by atoms with E-state index in [0.717, 1.165) is 50.0 Å². The Morgan fingerprint density at radius 2 is 1.39 bits per heavy atom. The van der Waals surface area contributed by atoms with Crippen LogP contribution in [0.4, 0.5) is 0 Å². The van der Waals surface area contributed by atoms with Crippen molar-refractivity contribution in [3.63, 3.8) is 0 Å². The summed E-state index contributed by atoms with van der Waals surface area (Å²) in [5.74, 6) is 0.213. The summed E-state index contributed by atoms with van der Waals surface area (Å²) in [5.41, 5.74) is 7.71. The monoisotopic (exact) mass is 783 g/mol. The molecule has 0 unspecified atom stereocenters. The summed E-state index contributed by atoms with van der Waals surface area (Å²) in [6, 6.07) is 6.13. The molecule has 11 nitrogen and oxygen atoms in total. The first-order valence-corrected chi connectivity index (χ1v) is 22.2. The van der Waals surface area contributed by atoms with Crippen molar-refractivity contribution in [1.29, 1.82) is 0 Å². The molecule has 11 heteroatoms. The molecule has 1 aliphatic heterocycles. The van der Waals surface area contributed by atoms with Crippen molar-refractivity contribution >= 4 is 29.3 Å². The molecule has 2 atom stereocenters. The largest absolute Gasteiger partial charge is 0.396 e. The van der Waals surface area contributed by atoms with E-state index in [4.69, 9.17) is 10.6 Å². The molecule has 1 aromatic rings. The topological polar surface area (TPSA) is 155 Å². The molecule has 5 N–H and O–H groups in total. The van der Waals surface area contributed by atoms with Gasteiger partial charge in [0.2, 0.25) is 17.7 Å². The van der Waals surface area contributed by atoms with Gasteiger partial charge in [0.05, 0.1) is 11.8 Å². The number of nitrogens with one attached hydrogen (secondary N) is 3. The second kappa shape index (κ2) is 29.7. The Balaban J connectivity index is 1.55. The molecule has 2 rings (SSSR count). The fourth-order valence-corrected chi connectivity index (χ4v) is 7.36. The van der Waals surface area contributed by atoms with Crippen LogP contribution >= 0.6 is 0 Å². The third-order valence-corrected chi connectivity index (χ3v) is 11.1. The number of nitrogens with two attached hydrogens (primary N) is 1. The van der Waals surface area contributed by atoms with E-state index in [-0.39, 0.29) is 17.9 Å². The summed E-state index contributed by atoms with van der Waals surface area (Å²) in [6.07, 6.45) is 23.1. The number of hydrogen-bond acceptors (Lipinski definition) is 7. The van der Waals surface area contributed by atoms with E-state index in [9.17, 15) is 19.2 Å². The Morgan fingerprint density at radius 3 is 1.95 bits per heavy atom. The van der Waals surface area contributed by atoms with Gasteiger partial charge >= 0.3 is 0 Å². The highest BCUT2D eigenvalue weighted by atomic mass is 16.6. The normalized spacial score (nSPS) is 14.8. The first-order valence-electron chi connectivity index (χ1n) is 22.2. The van der Waals surface area contributed by atoms with E-state index in [1.165, 1.54) is 77.0 Å². The van der Waals surface area contributed by atoms with E-state index >= 15 is 0 Å². The summed E-state index contributed by atoms with van der Waals surface area (Å²) < 4.78 is 0. The van der Waals surface area contributed by atoms with E-state index < -0.39 is 11.9 Å². The van der Waals surface area contributed by atoms with Crippen LogP contribution < -0.4 is 21.7 Å². The number of carbonyl (C=O) groups is 4. The molecule has 318 valence electrons. The molecule has 0 bridgehead atoms. The maximum atomic E-state index is 12.8. The fourth-order valence-electron chi connectivity index (χ4n) is 7.36. The minimum atomic E-state index is -0.749. The van der Waals surface area contributed by atoms with Crippen molar-refractivity contribution in [2.75, 3.05) is 33.3 Å². The molecule has 0 saturated carbocycles. The molecule has 0 radical (unpaired) electrons. The van der Waals surface area contributed by atoms with Gasteiger partial charge in [-0.1, -0.05) is 115 Å². The van der Waals surface area contributed by atoms with E-state index in [0.29, 0.717) is 68.6 Å². The second-order valence-corrected chi connectivity index (χ2v) is 16.4. The van der Waals surface area contributed by atoms with Gasteiger partial charge in [0, 0.05) is 31.6 Å². The van der Waals surface area contributed by atoms with Gasteiger partial charge in [-0.3, -0.25) is 19.2 Å². The number of likely N-dealkylation sites (N-methyl/N-ethyl adjacent to an activating group) is 1. The standard InChI is InChI=1S/C45H78N6O5/c1-6-7-8-9-10-11-12-13-14-15-16-17-18-22-42(52)51-31-27-37(28-32-51)29-33-56-50-36(4)38-23-25-39(26-24-38)44(54)48-30-20-19-21-40(43(46)53)49-45(55)41(47-5)34-35(2)3/h23-26,35,37,40-41,47H,6-22,27-34H2,1-5H3,(H2,46,53)(H,48,54)(H,49,55)/b50-36-/t40-,41-/m0/s1. The van der Waals surface area contributed by atoms with Crippen LogP contribution in [0.3, 0.4) is 0 Å². The quantitative estimate of drug-likeness (QED) is 0.0340. The van der Waals surface area contributed by atoms with Crippen molar-refractivity contribution in [2.45, 2.75) is 175 Å². The highest BCUT2D eigenvalue weighted by molar-refractivity contribution is 6.00. The predicted molar refractivity (Wildman–Crippen MR) is 228 cm³/mol. The van der Waals surface area contributed by atoms with Crippen LogP contribution in [0, 0.1) is 11.8 Å². The number of likely N-dealkylation sites (tertiary alicyclic amines) is 1. The van der Waals surface area contributed by atoms with Gasteiger partial charge in [-0.2, -0.15) is 0 Å². The number of primary amides is 1. The van der Waals surface area contributed by atoms with Crippen LogP contribution in [0.1, 0.15) is 178 Å². The summed E-state index contributed by atoms with van der Waals surface area (Å²) in [7, 11) is 1.73. The number of unbranched alkanes of at least 4 members (excludes halogenated alkanes) is 13. The molecule has 0 aliphatic carbocycles. The molecule has 0 aromatic heterocycles. The van der Waals surface area contributed by atoms with Crippen molar-refractivity contribution in [3.05, 3.63) is 35.4 Å². The van der Waals surface area contributed by atoms with Crippen molar-refractivity contribution < 1.29 is 24.0 Å². The second-order valence-electron chi connectivity index (χ2n) is 16.4. The van der Waals surface area contributed by atoms with Crippen LogP contribution in [0.2, 0.25) is 0 Å². The number of piperidine rings is 1. The molecule has 0 spiro atoms. The lowest BCUT2D eigenvalue weighted by atomic mass is 9.93. The number of rotatable bonds is 31. The van der Waals surface area contributed by atoms with Gasteiger partial charge in [0.25, 0.3) is 5.91 Å². The van der Waals surface area contributed by atoms with Gasteiger partial charge in [-0.05, 0) is 94.9 Å². The zero-order chi connectivity index (χ0) is 41.0. The Bertz CT molecular complexity index is 1280. The van der Waals surface area contributed by atoms with E-state index in [1.807, 2.05) is 32.9 Å². The molecule has 1 heterocycles. The number of benzene rings is 1. The highest BCUT2D eigenvalue weighted by Crippen LogP contribution is 2.22. The molecular weight excluding hydrogens is 705 g/mol. The first kappa shape index (κ1) is 48.7. The lowest BCUT2D eigenvalue weighted by Gasteiger charge is -2.32. The van der Waals surface area contributed by atoms with Crippen LogP contribution in [-0.2, 0) is 19.2 Å². The van der Waals surface area contributed by atoms with Crippen LogP contribution in [0.15, 0.2) is 29.4 Å². The molecular formula is C45H78N6O5. The smallest absolute Gasteiger partial charge is 0.251 e. The van der Waals surface area contributed by atoms with Gasteiger partial charge in [0.1, 0.15) is 12.6 Å². The fraction of sp³-hybridized carbons (Fsp3) is 0.756. The number of amides is 4. The Morgan fingerprint density at radius 1 is 0.821 bits per heavy atom. The number of oxime groups is 1. The molecule has 56 heavy (non-hydrogen) atoms. The highest BCUT2D eigenvalue weighted by Gasteiger charge is 2.24. The average Bonchev–Trinajstić information content (AvgIpc) is 3.19. The van der Waals surface area contributed by atoms with Gasteiger partial charge < -0.3 is 31.4 Å². The Hall–Kier alpha value is -3.47. The van der Waals surface area contributed by atoms with Crippen molar-refractivity contribution in [1.82, 2.24) is 20.9 Å². The molecule has 1 fully saturated rings. The van der Waals surface area contributed by atoms with Crippen molar-refractivity contribution in [2.24, 2.45) is 22.7 Å². The summed E-state index contributed by atoms with van der Waals surface area (Å²) >= 11 is 0. The third-order valence-electron chi connectivity index (χ3n) is 11.1. The van der Waals surface area contributed by atoms with Gasteiger partial charge in [-0.15, -0.1) is 0 Å². The molecule has 1 aliphatic rings. The number of carbonyl (C=O) groups excluding carboxylic acids is 4. The SMILES string of the molecule is CCCCCCCCCCCCCCCC(=O)N1CCC(CCO/N=C(/C)c2ccc(C(=O)NCCCC[C@H](NC(=O)[C@H](CC(C)C)NC)C(N)=O)cc2)CC1. The van der Waals surface area contributed by atoms with Crippen LogP contribution in [0.25, 0.3) is 0 Å². The maximum Gasteiger partial charge on any atom is 0.251 e. The molecule has 4 amide bonds. The van der Waals surface area contributed by atoms with Crippen LogP contribution in [-0.4, -0.2) is 79.6 Å². The summed E-state index contributed by atoms with van der Waals surface area (Å²) in [6.45, 7) is 10.9.